The highest BCUT2D eigenvalue weighted by Crippen LogP contribution is 2.19. The van der Waals surface area contributed by atoms with Gasteiger partial charge in [-0.2, -0.15) is 10.2 Å². The Kier molecular flexibility index (Phi) is 3.90. The Bertz CT molecular complexity index is 898. The zero-order valence-electron chi connectivity index (χ0n) is 12.1. The van der Waals surface area contributed by atoms with Crippen LogP contribution in [0.15, 0.2) is 24.3 Å². The fourth-order valence-corrected chi connectivity index (χ4v) is 2.34. The second-order valence-electron chi connectivity index (χ2n) is 4.85. The van der Waals surface area contributed by atoms with Gasteiger partial charge in [0.05, 0.1) is 6.54 Å². The van der Waals surface area contributed by atoms with Gasteiger partial charge in [-0.1, -0.05) is 0 Å². The van der Waals surface area contributed by atoms with E-state index >= 15 is 0 Å². The minimum Gasteiger partial charge on any atom is -0.378 e. The number of H-pyrrole nitrogens is 2. The molecule has 0 saturated heterocycles. The van der Waals surface area contributed by atoms with Gasteiger partial charge in [0.2, 0.25) is 0 Å². The summed E-state index contributed by atoms with van der Waals surface area (Å²) in [6, 6.07) is 7.98. The molecule has 0 unspecified atom stereocenters. The van der Waals surface area contributed by atoms with Crippen LogP contribution in [-0.4, -0.2) is 29.5 Å². The average Bonchev–Trinajstić information content (AvgIpc) is 3.02. The minimum atomic E-state index is 0.593. The van der Waals surface area contributed by atoms with Gasteiger partial charge < -0.3 is 14.5 Å². The van der Waals surface area contributed by atoms with Crippen molar-refractivity contribution in [2.45, 2.75) is 6.54 Å². The van der Waals surface area contributed by atoms with Crippen LogP contribution < -0.4 is 5.32 Å². The third kappa shape index (κ3) is 2.72. The molecule has 2 aromatic heterocycles. The molecule has 0 aliphatic rings. The van der Waals surface area contributed by atoms with Crippen molar-refractivity contribution in [3.8, 4) is 11.4 Å². The molecule has 1 aromatic carbocycles. The lowest BCUT2D eigenvalue weighted by Gasteiger charge is -2.07. The standard InChI is InChI=1S/C13H15N7S2/c1-19-10(15-17-12(19)21)7-14-9-5-3-8(4-6-9)11-16-18-13(22)20(11)2/h3-6,14H,7H2,1-2H3,(H,17,21)(H,18,22). The van der Waals surface area contributed by atoms with Gasteiger partial charge in [0.15, 0.2) is 21.2 Å². The quantitative estimate of drug-likeness (QED) is 0.640. The molecule has 0 bridgehead atoms. The number of benzene rings is 1. The van der Waals surface area contributed by atoms with E-state index < -0.39 is 0 Å². The molecule has 0 atom stereocenters. The van der Waals surface area contributed by atoms with Gasteiger partial charge in [0.25, 0.3) is 0 Å². The maximum atomic E-state index is 5.12. The molecular weight excluding hydrogens is 318 g/mol. The zero-order valence-corrected chi connectivity index (χ0v) is 13.8. The molecule has 0 fully saturated rings. The number of anilines is 1. The van der Waals surface area contributed by atoms with Crippen molar-refractivity contribution < 1.29 is 0 Å². The number of nitrogens with one attached hydrogen (secondary N) is 3. The Balaban J connectivity index is 1.74. The molecule has 0 aliphatic heterocycles. The number of nitrogens with zero attached hydrogens (tertiary/aromatic N) is 4. The Morgan fingerprint density at radius 1 is 1.00 bits per heavy atom. The van der Waals surface area contributed by atoms with E-state index in [4.69, 9.17) is 24.4 Å². The third-order valence-corrected chi connectivity index (χ3v) is 4.18. The first kappa shape index (κ1) is 14.7. The lowest BCUT2D eigenvalue weighted by molar-refractivity contribution is 0.805. The van der Waals surface area contributed by atoms with E-state index in [9.17, 15) is 0 Å². The highest BCUT2D eigenvalue weighted by Gasteiger charge is 2.06. The summed E-state index contributed by atoms with van der Waals surface area (Å²) in [5.41, 5.74) is 1.99. The monoisotopic (exact) mass is 333 g/mol. The van der Waals surface area contributed by atoms with E-state index in [1.54, 1.807) is 0 Å². The third-order valence-electron chi connectivity index (χ3n) is 3.45. The van der Waals surface area contributed by atoms with Crippen LogP contribution in [0.4, 0.5) is 5.69 Å². The van der Waals surface area contributed by atoms with Gasteiger partial charge in [-0.15, -0.1) is 0 Å². The van der Waals surface area contributed by atoms with Crippen molar-refractivity contribution in [1.82, 2.24) is 29.5 Å². The van der Waals surface area contributed by atoms with E-state index in [0.717, 1.165) is 22.9 Å². The molecule has 22 heavy (non-hydrogen) atoms. The van der Waals surface area contributed by atoms with Crippen LogP contribution in [0.5, 0.6) is 0 Å². The number of aromatic amines is 2. The molecule has 0 aliphatic carbocycles. The summed E-state index contributed by atoms with van der Waals surface area (Å²) in [7, 11) is 3.77. The van der Waals surface area contributed by atoms with E-state index in [1.165, 1.54) is 0 Å². The molecule has 7 nitrogen and oxygen atoms in total. The summed E-state index contributed by atoms with van der Waals surface area (Å²) in [5.74, 6) is 1.66. The smallest absolute Gasteiger partial charge is 0.195 e. The van der Waals surface area contributed by atoms with Gasteiger partial charge >= 0.3 is 0 Å². The molecule has 3 aromatic rings. The number of aromatic nitrogens is 6. The van der Waals surface area contributed by atoms with Crippen LogP contribution in [0.1, 0.15) is 5.82 Å². The van der Waals surface area contributed by atoms with E-state index in [-0.39, 0.29) is 0 Å². The van der Waals surface area contributed by atoms with Crippen molar-refractivity contribution in [1.29, 1.82) is 0 Å². The predicted molar refractivity (Wildman–Crippen MR) is 89.5 cm³/mol. The van der Waals surface area contributed by atoms with Gasteiger partial charge in [0, 0.05) is 25.3 Å². The SMILES string of the molecule is Cn1c(CNc2ccc(-c3n[nH]c(=S)n3C)cc2)n[nH]c1=S. The summed E-state index contributed by atoms with van der Waals surface area (Å²) in [6.07, 6.45) is 0. The molecule has 2 heterocycles. The fourth-order valence-electron chi connectivity index (χ4n) is 2.06. The van der Waals surface area contributed by atoms with Crippen LogP contribution in [0, 0.1) is 9.54 Å². The van der Waals surface area contributed by atoms with Crippen molar-refractivity contribution >= 4 is 30.1 Å². The topological polar surface area (TPSA) is 79.2 Å². The molecule has 0 radical (unpaired) electrons. The first-order valence-electron chi connectivity index (χ1n) is 6.62. The summed E-state index contributed by atoms with van der Waals surface area (Å²) < 4.78 is 4.89. The summed E-state index contributed by atoms with van der Waals surface area (Å²) in [5, 5.41) is 17.2. The van der Waals surface area contributed by atoms with E-state index in [2.05, 4.69) is 25.7 Å². The molecule has 3 rings (SSSR count). The Morgan fingerprint density at radius 3 is 2.18 bits per heavy atom. The van der Waals surface area contributed by atoms with E-state index in [1.807, 2.05) is 47.5 Å². The molecular formula is C13H15N7S2. The molecule has 9 heteroatoms. The first-order chi connectivity index (χ1) is 10.6. The minimum absolute atomic E-state index is 0.593. The molecule has 114 valence electrons. The van der Waals surface area contributed by atoms with Crippen LogP contribution >= 0.6 is 24.4 Å². The van der Waals surface area contributed by atoms with Gasteiger partial charge in [-0.05, 0) is 48.7 Å². The second kappa shape index (κ2) is 5.85. The van der Waals surface area contributed by atoms with Crippen LogP contribution in [0.2, 0.25) is 0 Å². The van der Waals surface area contributed by atoms with Crippen molar-refractivity contribution in [2.75, 3.05) is 5.32 Å². The second-order valence-corrected chi connectivity index (χ2v) is 5.62. The molecule has 3 N–H and O–H groups in total. The highest BCUT2D eigenvalue weighted by molar-refractivity contribution is 7.71. The maximum absolute atomic E-state index is 5.12. The number of hydrogen-bond acceptors (Lipinski definition) is 5. The highest BCUT2D eigenvalue weighted by atomic mass is 32.1. The Hall–Kier alpha value is -2.26. The molecule has 0 saturated carbocycles. The molecule has 0 spiro atoms. The van der Waals surface area contributed by atoms with Gasteiger partial charge in [-0.3, -0.25) is 10.2 Å². The Morgan fingerprint density at radius 2 is 1.64 bits per heavy atom. The zero-order chi connectivity index (χ0) is 15.7. The summed E-state index contributed by atoms with van der Waals surface area (Å²) in [4.78, 5) is 0. The number of hydrogen-bond donors (Lipinski definition) is 3. The number of rotatable bonds is 4. The van der Waals surface area contributed by atoms with Crippen LogP contribution in [-0.2, 0) is 20.6 Å². The summed E-state index contributed by atoms with van der Waals surface area (Å²) in [6.45, 7) is 0.593. The van der Waals surface area contributed by atoms with Gasteiger partial charge in [-0.25, -0.2) is 0 Å². The van der Waals surface area contributed by atoms with Crippen LogP contribution in [0.3, 0.4) is 0 Å². The first-order valence-corrected chi connectivity index (χ1v) is 7.44. The lowest BCUT2D eigenvalue weighted by atomic mass is 10.2. The van der Waals surface area contributed by atoms with E-state index in [0.29, 0.717) is 16.1 Å². The molecule has 0 amide bonds. The largest absolute Gasteiger partial charge is 0.378 e. The van der Waals surface area contributed by atoms with Crippen molar-refractivity contribution in [3.05, 3.63) is 39.6 Å². The normalized spacial score (nSPS) is 10.8. The van der Waals surface area contributed by atoms with Gasteiger partial charge in [0.1, 0.15) is 0 Å². The van der Waals surface area contributed by atoms with Crippen LogP contribution in [0.25, 0.3) is 11.4 Å². The predicted octanol–water partition coefficient (Wildman–Crippen LogP) is 2.55. The Labute approximate surface area is 137 Å². The van der Waals surface area contributed by atoms with Crippen molar-refractivity contribution in [3.63, 3.8) is 0 Å². The average molecular weight is 333 g/mol. The summed E-state index contributed by atoms with van der Waals surface area (Å²) >= 11 is 10.2. The fraction of sp³-hybridized carbons (Fsp3) is 0.231. The van der Waals surface area contributed by atoms with Crippen molar-refractivity contribution in [2.24, 2.45) is 14.1 Å². The maximum Gasteiger partial charge on any atom is 0.195 e. The lowest BCUT2D eigenvalue weighted by Crippen LogP contribution is -2.06.